The molecule has 0 heterocycles. The Morgan fingerprint density at radius 2 is 1.72 bits per heavy atom. The number of ether oxygens (including phenoxy) is 1. The van der Waals surface area contributed by atoms with Crippen LogP contribution < -0.4 is 10.2 Å². The Labute approximate surface area is 176 Å². The number of carbonyl (C=O) groups is 1. The van der Waals surface area contributed by atoms with E-state index in [4.69, 9.17) is 4.74 Å². The van der Waals surface area contributed by atoms with Crippen molar-refractivity contribution in [3.05, 3.63) is 95.6 Å². The van der Waals surface area contributed by atoms with Crippen LogP contribution in [-0.2, 0) is 11.4 Å². The van der Waals surface area contributed by atoms with Crippen molar-refractivity contribution < 1.29 is 9.53 Å². The smallest absolute Gasteiger partial charge is 0.253 e. The molecule has 148 valence electrons. The lowest BCUT2D eigenvalue weighted by Crippen LogP contribution is -2.26. The van der Waals surface area contributed by atoms with Crippen molar-refractivity contribution in [3.8, 4) is 5.75 Å². The van der Waals surface area contributed by atoms with Crippen molar-refractivity contribution >= 4 is 23.9 Å². The molecule has 0 radical (unpaired) electrons. The first-order valence-corrected chi connectivity index (χ1v) is 10.3. The number of nitrogens with zero attached hydrogens (tertiary/aromatic N) is 1. The molecule has 0 spiro atoms. The molecule has 0 saturated carbocycles. The molecule has 0 unspecified atom stereocenters. The molecule has 0 bridgehead atoms. The molecule has 1 amide bonds. The highest BCUT2D eigenvalue weighted by molar-refractivity contribution is 8.00. The zero-order valence-corrected chi connectivity index (χ0v) is 17.4. The van der Waals surface area contributed by atoms with Crippen LogP contribution >= 0.6 is 11.8 Å². The van der Waals surface area contributed by atoms with E-state index in [2.05, 4.69) is 41.7 Å². The summed E-state index contributed by atoms with van der Waals surface area (Å²) in [6.45, 7) is 4.46. The molecule has 0 fully saturated rings. The van der Waals surface area contributed by atoms with Gasteiger partial charge in [0.25, 0.3) is 5.91 Å². The third kappa shape index (κ3) is 6.80. The number of amides is 1. The molecule has 0 saturated heterocycles. The average Bonchev–Trinajstić information content (AvgIpc) is 2.75. The fraction of sp³-hybridized carbons (Fsp3) is 0.167. The molecule has 1 N–H and O–H groups in total. The summed E-state index contributed by atoms with van der Waals surface area (Å²) < 4.78 is 5.80. The fourth-order valence-electron chi connectivity index (χ4n) is 2.52. The summed E-state index contributed by atoms with van der Waals surface area (Å²) in [5.41, 5.74) is 5.85. The Morgan fingerprint density at radius 1 is 1.03 bits per heavy atom. The van der Waals surface area contributed by atoms with Gasteiger partial charge in [0, 0.05) is 4.90 Å². The van der Waals surface area contributed by atoms with E-state index < -0.39 is 0 Å². The first-order chi connectivity index (χ1) is 14.1. The van der Waals surface area contributed by atoms with Gasteiger partial charge in [0.05, 0.1) is 11.5 Å². The SMILES string of the molecule is Cc1ccc(COc2ccc(/C=N\NC(=O)[C@@H](C)Sc3ccccc3)cc2)cc1. The maximum absolute atomic E-state index is 12.2. The Hall–Kier alpha value is -3.05. The van der Waals surface area contributed by atoms with Crippen LogP contribution in [-0.4, -0.2) is 17.4 Å². The number of rotatable bonds is 8. The zero-order chi connectivity index (χ0) is 20.5. The minimum atomic E-state index is -0.230. The minimum Gasteiger partial charge on any atom is -0.489 e. The van der Waals surface area contributed by atoms with Crippen LogP contribution in [0.5, 0.6) is 5.75 Å². The topological polar surface area (TPSA) is 50.7 Å². The molecule has 0 aliphatic carbocycles. The standard InChI is InChI=1S/C24H24N2O2S/c1-18-8-10-21(11-9-18)17-28-22-14-12-20(13-15-22)16-25-26-24(27)19(2)29-23-6-4-3-5-7-23/h3-16,19H,17H2,1-2H3,(H,26,27)/b25-16-/t19-/m1/s1. The third-order valence-corrected chi connectivity index (χ3v) is 5.33. The van der Waals surface area contributed by atoms with Gasteiger partial charge in [0.15, 0.2) is 0 Å². The second-order valence-corrected chi connectivity index (χ2v) is 8.06. The number of hydrogen-bond acceptors (Lipinski definition) is 4. The molecule has 29 heavy (non-hydrogen) atoms. The van der Waals surface area contributed by atoms with Gasteiger partial charge in [-0.2, -0.15) is 5.10 Å². The van der Waals surface area contributed by atoms with Crippen molar-refractivity contribution in [2.45, 2.75) is 30.6 Å². The summed E-state index contributed by atoms with van der Waals surface area (Å²) >= 11 is 1.50. The van der Waals surface area contributed by atoms with Crippen molar-refractivity contribution in [2.24, 2.45) is 5.10 Å². The van der Waals surface area contributed by atoms with Gasteiger partial charge >= 0.3 is 0 Å². The lowest BCUT2D eigenvalue weighted by Gasteiger charge is -2.09. The third-order valence-electron chi connectivity index (χ3n) is 4.22. The van der Waals surface area contributed by atoms with Crippen LogP contribution in [0.2, 0.25) is 0 Å². The Kier molecular flexibility index (Phi) is 7.47. The normalized spacial score (nSPS) is 11.9. The molecular weight excluding hydrogens is 380 g/mol. The molecule has 1 atom stereocenters. The zero-order valence-electron chi connectivity index (χ0n) is 16.5. The van der Waals surface area contributed by atoms with Gasteiger partial charge in [0.2, 0.25) is 0 Å². The quantitative estimate of drug-likeness (QED) is 0.319. The number of aryl methyl sites for hydroxylation is 1. The highest BCUT2D eigenvalue weighted by Crippen LogP contribution is 2.22. The summed E-state index contributed by atoms with van der Waals surface area (Å²) in [6.07, 6.45) is 1.63. The molecule has 4 nitrogen and oxygen atoms in total. The van der Waals surface area contributed by atoms with Crippen LogP contribution in [0.3, 0.4) is 0 Å². The Bertz CT molecular complexity index is 939. The van der Waals surface area contributed by atoms with Gasteiger partial charge < -0.3 is 4.74 Å². The number of hydrogen-bond donors (Lipinski definition) is 1. The maximum Gasteiger partial charge on any atom is 0.253 e. The molecule has 3 aromatic rings. The summed E-state index contributed by atoms with van der Waals surface area (Å²) in [5, 5.41) is 3.83. The second kappa shape index (κ2) is 10.5. The van der Waals surface area contributed by atoms with Gasteiger partial charge in [-0.15, -0.1) is 11.8 Å². The molecule has 0 aliphatic heterocycles. The van der Waals surface area contributed by atoms with Gasteiger partial charge in [-0.3, -0.25) is 4.79 Å². The van der Waals surface area contributed by atoms with Gasteiger partial charge in [-0.25, -0.2) is 5.43 Å². The van der Waals surface area contributed by atoms with E-state index in [9.17, 15) is 4.79 Å². The number of carbonyl (C=O) groups excluding carboxylic acids is 1. The molecule has 3 aromatic carbocycles. The number of thioether (sulfide) groups is 1. The van der Waals surface area contributed by atoms with E-state index in [1.165, 1.54) is 17.3 Å². The van der Waals surface area contributed by atoms with Gasteiger partial charge in [-0.05, 0) is 61.4 Å². The Morgan fingerprint density at radius 3 is 2.41 bits per heavy atom. The molecule has 5 heteroatoms. The van der Waals surface area contributed by atoms with E-state index in [0.29, 0.717) is 6.61 Å². The first-order valence-electron chi connectivity index (χ1n) is 9.43. The molecule has 0 aromatic heterocycles. The maximum atomic E-state index is 12.2. The summed E-state index contributed by atoms with van der Waals surface area (Å²) in [5.74, 6) is 0.660. The predicted octanol–water partition coefficient (Wildman–Crippen LogP) is 5.20. The predicted molar refractivity (Wildman–Crippen MR) is 119 cm³/mol. The molecule has 3 rings (SSSR count). The summed E-state index contributed by atoms with van der Waals surface area (Å²) in [6, 6.07) is 25.7. The lowest BCUT2D eigenvalue weighted by molar-refractivity contribution is -0.120. The van der Waals surface area contributed by atoms with Crippen molar-refractivity contribution in [1.29, 1.82) is 0 Å². The second-order valence-electron chi connectivity index (χ2n) is 6.65. The van der Waals surface area contributed by atoms with Crippen LogP contribution in [0.25, 0.3) is 0 Å². The van der Waals surface area contributed by atoms with Crippen LogP contribution in [0, 0.1) is 6.92 Å². The van der Waals surface area contributed by atoms with Crippen molar-refractivity contribution in [2.75, 3.05) is 0 Å². The van der Waals surface area contributed by atoms with E-state index in [0.717, 1.165) is 21.8 Å². The van der Waals surface area contributed by atoms with E-state index >= 15 is 0 Å². The van der Waals surface area contributed by atoms with Gasteiger partial charge in [-0.1, -0.05) is 48.0 Å². The summed E-state index contributed by atoms with van der Waals surface area (Å²) in [7, 11) is 0. The summed E-state index contributed by atoms with van der Waals surface area (Å²) in [4.78, 5) is 13.2. The number of nitrogens with one attached hydrogen (secondary N) is 1. The van der Waals surface area contributed by atoms with E-state index in [-0.39, 0.29) is 11.2 Å². The van der Waals surface area contributed by atoms with Crippen molar-refractivity contribution in [3.63, 3.8) is 0 Å². The highest BCUT2D eigenvalue weighted by atomic mass is 32.2. The van der Waals surface area contributed by atoms with Crippen LogP contribution in [0.15, 0.2) is 88.9 Å². The van der Waals surface area contributed by atoms with E-state index in [1.807, 2.05) is 61.5 Å². The number of hydrazone groups is 1. The van der Waals surface area contributed by atoms with Gasteiger partial charge in [0.1, 0.15) is 12.4 Å². The van der Waals surface area contributed by atoms with Crippen LogP contribution in [0.4, 0.5) is 0 Å². The van der Waals surface area contributed by atoms with Crippen molar-refractivity contribution in [1.82, 2.24) is 5.43 Å². The van der Waals surface area contributed by atoms with E-state index in [1.54, 1.807) is 6.21 Å². The number of benzene rings is 3. The fourth-order valence-corrected chi connectivity index (χ4v) is 3.40. The minimum absolute atomic E-state index is 0.131. The highest BCUT2D eigenvalue weighted by Gasteiger charge is 2.13. The Balaban J connectivity index is 1.45. The monoisotopic (exact) mass is 404 g/mol. The molecular formula is C24H24N2O2S. The average molecular weight is 405 g/mol. The van der Waals surface area contributed by atoms with Crippen LogP contribution in [0.1, 0.15) is 23.6 Å². The molecule has 0 aliphatic rings. The largest absolute Gasteiger partial charge is 0.489 e. The lowest BCUT2D eigenvalue weighted by atomic mass is 10.2. The first kappa shape index (κ1) is 20.7.